The topological polar surface area (TPSA) is 124 Å². The van der Waals surface area contributed by atoms with Crippen molar-refractivity contribution >= 4 is 45.8 Å². The number of carbonyl (C=O) groups excluding carboxylic acids is 2. The van der Waals surface area contributed by atoms with Crippen LogP contribution in [0.4, 0.5) is 10.8 Å². The fourth-order valence-corrected chi connectivity index (χ4v) is 2.98. The Morgan fingerprint density at radius 2 is 2.17 bits per heavy atom. The van der Waals surface area contributed by atoms with E-state index in [0.29, 0.717) is 10.6 Å². The average Bonchev–Trinajstić information content (AvgIpc) is 3.03. The van der Waals surface area contributed by atoms with E-state index in [1.165, 1.54) is 19.2 Å². The molecule has 0 saturated heterocycles. The highest BCUT2D eigenvalue weighted by molar-refractivity contribution is 8.00. The molecule has 0 spiro atoms. The normalized spacial score (nSPS) is 10.2. The molecule has 11 heteroatoms. The van der Waals surface area contributed by atoms with E-state index in [-0.39, 0.29) is 28.2 Å². The first-order valence-corrected chi connectivity index (χ1v) is 8.49. The highest BCUT2D eigenvalue weighted by atomic mass is 32.2. The number of nitrogens with zero attached hydrogens (tertiary/aromatic N) is 3. The summed E-state index contributed by atoms with van der Waals surface area (Å²) in [4.78, 5) is 33.0. The van der Waals surface area contributed by atoms with Crippen LogP contribution in [0, 0.1) is 10.1 Å². The van der Waals surface area contributed by atoms with E-state index in [9.17, 15) is 19.7 Å². The van der Waals surface area contributed by atoms with Crippen molar-refractivity contribution in [2.24, 2.45) is 0 Å². The summed E-state index contributed by atoms with van der Waals surface area (Å²) in [5.74, 6) is -0.581. The van der Waals surface area contributed by atoms with E-state index >= 15 is 0 Å². The molecule has 126 valence electrons. The number of non-ortho nitro benzene ring substituents is 1. The smallest absolute Gasteiger partial charge is 0.315 e. The summed E-state index contributed by atoms with van der Waals surface area (Å²) in [6, 6.07) is 5.99. The first-order chi connectivity index (χ1) is 11.5. The number of rotatable bonds is 7. The van der Waals surface area contributed by atoms with Crippen molar-refractivity contribution in [3.63, 3.8) is 0 Å². The van der Waals surface area contributed by atoms with Crippen molar-refractivity contribution in [2.75, 3.05) is 23.9 Å². The lowest BCUT2D eigenvalue weighted by atomic mass is 10.2. The molecule has 0 radical (unpaired) electrons. The maximum absolute atomic E-state index is 11.7. The van der Waals surface area contributed by atoms with Crippen LogP contribution in [-0.4, -0.2) is 45.6 Å². The molecule has 0 fully saturated rings. The lowest BCUT2D eigenvalue weighted by molar-refractivity contribution is -0.384. The van der Waals surface area contributed by atoms with E-state index in [0.717, 1.165) is 23.1 Å². The molecule has 0 aliphatic carbocycles. The van der Waals surface area contributed by atoms with Crippen molar-refractivity contribution in [1.82, 2.24) is 10.2 Å². The maximum Gasteiger partial charge on any atom is 0.315 e. The number of ether oxygens (including phenoxy) is 1. The van der Waals surface area contributed by atoms with Crippen LogP contribution in [-0.2, 0) is 14.3 Å². The van der Waals surface area contributed by atoms with Gasteiger partial charge in [-0.2, -0.15) is 0 Å². The van der Waals surface area contributed by atoms with Gasteiger partial charge in [-0.25, -0.2) is 0 Å². The third kappa shape index (κ3) is 4.99. The summed E-state index contributed by atoms with van der Waals surface area (Å²) < 4.78 is 4.47. The van der Waals surface area contributed by atoms with Crippen LogP contribution in [0.2, 0.25) is 0 Å². The number of nitro benzene ring substituents is 1. The first kappa shape index (κ1) is 17.8. The molecule has 0 unspecified atom stereocenters. The zero-order valence-electron chi connectivity index (χ0n) is 12.4. The highest BCUT2D eigenvalue weighted by Gasteiger charge is 2.13. The van der Waals surface area contributed by atoms with Crippen LogP contribution in [0.1, 0.15) is 0 Å². The first-order valence-electron chi connectivity index (χ1n) is 6.52. The number of methoxy groups -OCH3 is 1. The quantitative estimate of drug-likeness (QED) is 0.447. The van der Waals surface area contributed by atoms with Crippen molar-refractivity contribution < 1.29 is 19.2 Å². The lowest BCUT2D eigenvalue weighted by Gasteiger charge is -2.00. The van der Waals surface area contributed by atoms with Gasteiger partial charge in [0, 0.05) is 17.7 Å². The Morgan fingerprint density at radius 3 is 2.88 bits per heavy atom. The predicted molar refractivity (Wildman–Crippen MR) is 90.0 cm³/mol. The molecule has 9 nitrogen and oxygen atoms in total. The van der Waals surface area contributed by atoms with E-state index < -0.39 is 10.9 Å². The summed E-state index contributed by atoms with van der Waals surface area (Å²) in [6.07, 6.45) is 0. The van der Waals surface area contributed by atoms with Crippen molar-refractivity contribution in [2.45, 2.75) is 0 Å². The maximum atomic E-state index is 11.7. The fraction of sp³-hybridized carbons (Fsp3) is 0.231. The fourth-order valence-electron chi connectivity index (χ4n) is 1.58. The van der Waals surface area contributed by atoms with Gasteiger partial charge in [-0.1, -0.05) is 23.5 Å². The second-order valence-electron chi connectivity index (χ2n) is 4.34. The second-order valence-corrected chi connectivity index (χ2v) is 6.30. The zero-order valence-corrected chi connectivity index (χ0v) is 14.1. The Labute approximate surface area is 144 Å². The van der Waals surface area contributed by atoms with Gasteiger partial charge in [0.15, 0.2) is 0 Å². The molecule has 0 saturated carbocycles. The monoisotopic (exact) mass is 368 g/mol. The number of thioether (sulfide) groups is 1. The van der Waals surface area contributed by atoms with E-state index in [1.807, 2.05) is 0 Å². The largest absolute Gasteiger partial charge is 0.468 e. The standard InChI is InChI=1S/C13H12N4O5S2/c1-22-11(19)7-23-6-10(18)14-13-16-15-12(24-13)8-3-2-4-9(5-8)17(20)21/h2-5H,6-7H2,1H3,(H,14,16,18). The Kier molecular flexibility index (Phi) is 6.21. The molecule has 0 aliphatic heterocycles. The minimum absolute atomic E-state index is 0.0486. The van der Waals surface area contributed by atoms with E-state index in [1.54, 1.807) is 12.1 Å². The molecule has 24 heavy (non-hydrogen) atoms. The van der Waals surface area contributed by atoms with Gasteiger partial charge in [0.2, 0.25) is 11.0 Å². The van der Waals surface area contributed by atoms with Crippen LogP contribution in [0.3, 0.4) is 0 Å². The number of hydrogen-bond acceptors (Lipinski definition) is 9. The summed E-state index contributed by atoms with van der Waals surface area (Å²) in [6.45, 7) is 0. The molecular weight excluding hydrogens is 356 g/mol. The van der Waals surface area contributed by atoms with Gasteiger partial charge >= 0.3 is 5.97 Å². The van der Waals surface area contributed by atoms with Gasteiger partial charge < -0.3 is 4.74 Å². The molecule has 0 bridgehead atoms. The van der Waals surface area contributed by atoms with Gasteiger partial charge in [-0.15, -0.1) is 22.0 Å². The van der Waals surface area contributed by atoms with Crippen molar-refractivity contribution in [3.8, 4) is 10.6 Å². The lowest BCUT2D eigenvalue weighted by Crippen LogP contribution is -2.15. The molecule has 1 heterocycles. The third-order valence-corrected chi connectivity index (χ3v) is 4.45. The Hall–Kier alpha value is -2.53. The van der Waals surface area contributed by atoms with Gasteiger partial charge in [0.05, 0.1) is 23.5 Å². The van der Waals surface area contributed by atoms with Crippen LogP contribution < -0.4 is 5.32 Å². The van der Waals surface area contributed by atoms with E-state index in [2.05, 4.69) is 20.3 Å². The summed E-state index contributed by atoms with van der Waals surface area (Å²) in [7, 11) is 1.28. The molecule has 1 aromatic heterocycles. The number of carbonyl (C=O) groups is 2. The summed E-state index contributed by atoms with van der Waals surface area (Å²) in [5.41, 5.74) is 0.495. The number of nitrogens with one attached hydrogen (secondary N) is 1. The predicted octanol–water partition coefficient (Wildman–Crippen LogP) is 1.96. The molecule has 0 atom stereocenters. The zero-order chi connectivity index (χ0) is 17.5. The third-order valence-electron chi connectivity index (χ3n) is 2.66. The number of hydrogen-bond donors (Lipinski definition) is 1. The van der Waals surface area contributed by atoms with Gasteiger partial charge in [0.1, 0.15) is 5.01 Å². The summed E-state index contributed by atoms with van der Waals surface area (Å²) in [5, 5.41) is 21.8. The van der Waals surface area contributed by atoms with Crippen molar-refractivity contribution in [3.05, 3.63) is 34.4 Å². The Bertz CT molecular complexity index is 764. The summed E-state index contributed by atoms with van der Waals surface area (Å²) >= 11 is 2.22. The second kappa shape index (κ2) is 8.36. The molecule has 2 rings (SSSR count). The average molecular weight is 368 g/mol. The van der Waals surface area contributed by atoms with Crippen LogP contribution in [0.15, 0.2) is 24.3 Å². The number of esters is 1. The number of amides is 1. The molecular formula is C13H12N4O5S2. The molecule has 0 aliphatic rings. The highest BCUT2D eigenvalue weighted by Crippen LogP contribution is 2.28. The minimum Gasteiger partial charge on any atom is -0.468 e. The number of nitro groups is 1. The van der Waals surface area contributed by atoms with Crippen LogP contribution >= 0.6 is 23.1 Å². The molecule has 2 aromatic rings. The van der Waals surface area contributed by atoms with Gasteiger partial charge in [-0.05, 0) is 0 Å². The van der Waals surface area contributed by atoms with Gasteiger partial charge in [-0.3, -0.25) is 25.0 Å². The molecule has 1 amide bonds. The van der Waals surface area contributed by atoms with Gasteiger partial charge in [0.25, 0.3) is 5.69 Å². The van der Waals surface area contributed by atoms with Crippen LogP contribution in [0.5, 0.6) is 0 Å². The van der Waals surface area contributed by atoms with Crippen LogP contribution in [0.25, 0.3) is 10.6 Å². The Morgan fingerprint density at radius 1 is 1.38 bits per heavy atom. The molecule has 1 aromatic carbocycles. The SMILES string of the molecule is COC(=O)CSCC(=O)Nc1nnc(-c2cccc([N+](=O)[O-])c2)s1. The number of aromatic nitrogens is 2. The molecule has 1 N–H and O–H groups in total. The number of anilines is 1. The van der Waals surface area contributed by atoms with Crippen molar-refractivity contribution in [1.29, 1.82) is 0 Å². The Balaban J connectivity index is 1.95. The number of benzene rings is 1. The van der Waals surface area contributed by atoms with E-state index in [4.69, 9.17) is 0 Å². The minimum atomic E-state index is -0.494.